The molecule has 156 valence electrons. The van der Waals surface area contributed by atoms with E-state index in [9.17, 15) is 15.2 Å². The zero-order chi connectivity index (χ0) is 22.0. The number of fused-ring (bicyclic) bond motifs is 2. The van der Waals surface area contributed by atoms with Crippen LogP contribution in [0, 0.1) is 11.3 Å². The predicted octanol–water partition coefficient (Wildman–Crippen LogP) is 4.49. The Hall–Kier alpha value is -4.09. The molecule has 2 aromatic heterocycles. The van der Waals surface area contributed by atoms with Gasteiger partial charge in [-0.15, -0.1) is 0 Å². The number of aromatic nitrogens is 2. The number of esters is 1. The fourth-order valence-corrected chi connectivity index (χ4v) is 3.33. The van der Waals surface area contributed by atoms with Crippen molar-refractivity contribution in [3.63, 3.8) is 0 Å². The van der Waals surface area contributed by atoms with Crippen LogP contribution in [0.1, 0.15) is 28.9 Å². The first-order valence-corrected chi connectivity index (χ1v) is 9.52. The van der Waals surface area contributed by atoms with Crippen LogP contribution in [0.3, 0.4) is 0 Å². The number of carbonyl (C=O) groups excluding carboxylic acids is 1. The number of methoxy groups -OCH3 is 1. The third-order valence-electron chi connectivity index (χ3n) is 4.84. The summed E-state index contributed by atoms with van der Waals surface area (Å²) in [4.78, 5) is 20.1. The monoisotopic (exact) mass is 417 g/mol. The Labute approximate surface area is 177 Å². The first-order chi connectivity index (χ1) is 15.0. The number of rotatable bonds is 6. The topological polar surface area (TPSA) is 121 Å². The summed E-state index contributed by atoms with van der Waals surface area (Å²) in [6.07, 6.45) is -1.11. The summed E-state index contributed by atoms with van der Waals surface area (Å²) in [5.41, 5.74) is 2.33. The molecule has 2 heterocycles. The number of para-hydroxylation sites is 3. The average Bonchev–Trinajstić information content (AvgIpc) is 3.36. The van der Waals surface area contributed by atoms with Crippen molar-refractivity contribution >= 4 is 33.5 Å². The van der Waals surface area contributed by atoms with Crippen molar-refractivity contribution in [2.24, 2.45) is 0 Å². The molecule has 0 aliphatic carbocycles. The molecule has 0 saturated heterocycles. The number of aromatic amines is 1. The van der Waals surface area contributed by atoms with Gasteiger partial charge in [0, 0.05) is 18.1 Å². The van der Waals surface area contributed by atoms with Gasteiger partial charge in [0.05, 0.1) is 17.6 Å². The molecule has 4 rings (SSSR count). The van der Waals surface area contributed by atoms with Gasteiger partial charge in [0.15, 0.2) is 17.7 Å². The van der Waals surface area contributed by atoms with Crippen molar-refractivity contribution in [2.45, 2.75) is 19.6 Å². The molecule has 0 unspecified atom stereocenters. The lowest BCUT2D eigenvalue weighted by atomic mass is 10.1. The zero-order valence-corrected chi connectivity index (χ0v) is 16.9. The molecule has 31 heavy (non-hydrogen) atoms. The maximum atomic E-state index is 12.8. The minimum atomic E-state index is -1.11. The van der Waals surface area contributed by atoms with E-state index in [0.717, 1.165) is 5.39 Å². The SMILES string of the molecule is COCc1c(C(=O)O[C@H](C)/C(O)=C(\C#N)c2nc3ccccc3[nH]2)oc2ccccc12. The highest BCUT2D eigenvalue weighted by Gasteiger charge is 2.26. The second-order valence-electron chi connectivity index (χ2n) is 6.86. The maximum absolute atomic E-state index is 12.8. The highest BCUT2D eigenvalue weighted by Crippen LogP contribution is 2.28. The van der Waals surface area contributed by atoms with Crippen LogP contribution < -0.4 is 0 Å². The maximum Gasteiger partial charge on any atom is 0.375 e. The first-order valence-electron chi connectivity index (χ1n) is 9.52. The van der Waals surface area contributed by atoms with Gasteiger partial charge in [-0.05, 0) is 25.1 Å². The molecule has 0 aliphatic heterocycles. The van der Waals surface area contributed by atoms with Gasteiger partial charge in [-0.25, -0.2) is 9.78 Å². The van der Waals surface area contributed by atoms with Gasteiger partial charge in [0.25, 0.3) is 0 Å². The van der Waals surface area contributed by atoms with Crippen LogP contribution in [0.4, 0.5) is 0 Å². The molecule has 0 fully saturated rings. The van der Waals surface area contributed by atoms with E-state index in [2.05, 4.69) is 9.97 Å². The zero-order valence-electron chi connectivity index (χ0n) is 16.9. The quantitative estimate of drug-likeness (QED) is 0.269. The van der Waals surface area contributed by atoms with E-state index in [-0.39, 0.29) is 23.8 Å². The summed E-state index contributed by atoms with van der Waals surface area (Å²) < 4.78 is 16.3. The minimum absolute atomic E-state index is 0.00931. The molecule has 0 bridgehead atoms. The Balaban J connectivity index is 1.64. The standard InChI is InChI=1S/C23H19N3O5/c1-13(20(27)15(11-24)22-25-17-8-4-5-9-18(17)26-22)30-23(28)21-16(12-29-2)14-7-3-6-10-19(14)31-21/h3-10,13,27H,12H2,1-2H3,(H,25,26)/b20-15-/t13-/m1/s1. The molecule has 8 nitrogen and oxygen atoms in total. The number of aliphatic hydroxyl groups is 1. The van der Waals surface area contributed by atoms with Gasteiger partial charge in [0.2, 0.25) is 5.76 Å². The Morgan fingerprint density at radius 1 is 1.26 bits per heavy atom. The highest BCUT2D eigenvalue weighted by atomic mass is 16.6. The Bertz CT molecular complexity index is 1310. The van der Waals surface area contributed by atoms with E-state index in [0.29, 0.717) is 22.2 Å². The molecule has 0 aliphatic rings. The number of nitriles is 1. The number of nitrogens with zero attached hydrogens (tertiary/aromatic N) is 2. The number of carbonyl (C=O) groups is 1. The van der Waals surface area contributed by atoms with E-state index in [1.54, 1.807) is 24.3 Å². The fourth-order valence-electron chi connectivity index (χ4n) is 3.33. The summed E-state index contributed by atoms with van der Waals surface area (Å²) >= 11 is 0. The van der Waals surface area contributed by atoms with Crippen LogP contribution in [-0.4, -0.2) is 34.3 Å². The van der Waals surface area contributed by atoms with Gasteiger partial charge >= 0.3 is 5.97 Å². The summed E-state index contributed by atoms with van der Waals surface area (Å²) in [6.45, 7) is 1.62. The molecule has 1 atom stereocenters. The number of ether oxygens (including phenoxy) is 2. The molecule has 0 amide bonds. The predicted molar refractivity (Wildman–Crippen MR) is 113 cm³/mol. The molecule has 2 aromatic carbocycles. The van der Waals surface area contributed by atoms with Crippen LogP contribution in [0.15, 0.2) is 58.7 Å². The van der Waals surface area contributed by atoms with E-state index >= 15 is 0 Å². The van der Waals surface area contributed by atoms with Crippen molar-refractivity contribution in [3.8, 4) is 6.07 Å². The van der Waals surface area contributed by atoms with Crippen molar-refractivity contribution in [1.29, 1.82) is 5.26 Å². The van der Waals surface area contributed by atoms with Crippen molar-refractivity contribution in [1.82, 2.24) is 9.97 Å². The molecule has 2 N–H and O–H groups in total. The second kappa shape index (κ2) is 8.34. The smallest absolute Gasteiger partial charge is 0.375 e. The number of allylic oxidation sites excluding steroid dienone is 1. The highest BCUT2D eigenvalue weighted by molar-refractivity contribution is 5.96. The summed E-state index contributed by atoms with van der Waals surface area (Å²) in [5, 5.41) is 20.9. The molecule has 4 aromatic rings. The lowest BCUT2D eigenvalue weighted by Gasteiger charge is -2.13. The third-order valence-corrected chi connectivity index (χ3v) is 4.84. The Morgan fingerprint density at radius 2 is 2.00 bits per heavy atom. The first kappa shape index (κ1) is 20.2. The number of hydrogen-bond donors (Lipinski definition) is 2. The van der Waals surface area contributed by atoms with E-state index in [1.165, 1.54) is 14.0 Å². The largest absolute Gasteiger partial charge is 0.507 e. The van der Waals surface area contributed by atoms with Gasteiger partial charge in [-0.3, -0.25) is 0 Å². The summed E-state index contributed by atoms with van der Waals surface area (Å²) in [6, 6.07) is 16.3. The number of hydrogen-bond acceptors (Lipinski definition) is 7. The summed E-state index contributed by atoms with van der Waals surface area (Å²) in [7, 11) is 1.51. The van der Waals surface area contributed by atoms with Crippen LogP contribution in [0.5, 0.6) is 0 Å². The number of aliphatic hydroxyl groups excluding tert-OH is 1. The van der Waals surface area contributed by atoms with Crippen LogP contribution in [-0.2, 0) is 16.1 Å². The molecular weight excluding hydrogens is 398 g/mol. The molecule has 0 spiro atoms. The van der Waals surface area contributed by atoms with Crippen LogP contribution in [0.2, 0.25) is 0 Å². The number of furan rings is 1. The molecule has 0 saturated carbocycles. The lowest BCUT2D eigenvalue weighted by Crippen LogP contribution is -2.19. The number of H-pyrrole nitrogens is 1. The fraction of sp³-hybridized carbons (Fsp3) is 0.174. The van der Waals surface area contributed by atoms with Gasteiger partial charge in [-0.1, -0.05) is 30.3 Å². The van der Waals surface area contributed by atoms with Gasteiger partial charge < -0.3 is 24.0 Å². The van der Waals surface area contributed by atoms with E-state index in [1.807, 2.05) is 30.3 Å². The van der Waals surface area contributed by atoms with E-state index in [4.69, 9.17) is 13.9 Å². The molecule has 0 radical (unpaired) electrons. The summed E-state index contributed by atoms with van der Waals surface area (Å²) in [5.74, 6) is -1.01. The molecule has 8 heteroatoms. The average molecular weight is 417 g/mol. The van der Waals surface area contributed by atoms with Crippen molar-refractivity contribution in [2.75, 3.05) is 7.11 Å². The second-order valence-corrected chi connectivity index (χ2v) is 6.86. The van der Waals surface area contributed by atoms with E-state index < -0.39 is 17.8 Å². The lowest BCUT2D eigenvalue weighted by molar-refractivity contribution is 0.0296. The van der Waals surface area contributed by atoms with Crippen LogP contribution in [0.25, 0.3) is 27.6 Å². The Kier molecular flexibility index (Phi) is 5.43. The number of nitrogens with one attached hydrogen (secondary N) is 1. The number of benzene rings is 2. The van der Waals surface area contributed by atoms with Crippen LogP contribution >= 0.6 is 0 Å². The minimum Gasteiger partial charge on any atom is -0.507 e. The normalized spacial score (nSPS) is 13.1. The Morgan fingerprint density at radius 3 is 2.74 bits per heavy atom. The number of imidazole rings is 1. The third kappa shape index (κ3) is 3.74. The van der Waals surface area contributed by atoms with Gasteiger partial charge in [-0.2, -0.15) is 5.26 Å². The van der Waals surface area contributed by atoms with Gasteiger partial charge in [0.1, 0.15) is 17.2 Å². The van der Waals surface area contributed by atoms with Crippen molar-refractivity contribution < 1.29 is 23.8 Å². The molecular formula is C23H19N3O5. The van der Waals surface area contributed by atoms with Crippen molar-refractivity contribution in [3.05, 3.63) is 71.4 Å².